The third-order valence-corrected chi connectivity index (χ3v) is 7.44. The van der Waals surface area contributed by atoms with E-state index in [4.69, 9.17) is 14.6 Å². The van der Waals surface area contributed by atoms with Crippen molar-refractivity contribution >= 4 is 10.9 Å². The summed E-state index contributed by atoms with van der Waals surface area (Å²) in [6, 6.07) is 23.8. The molecule has 3 aromatic heterocycles. The van der Waals surface area contributed by atoms with Crippen molar-refractivity contribution in [1.82, 2.24) is 29.5 Å². The number of nitrogens with zero attached hydrogens (tertiary/aromatic N) is 5. The Morgan fingerprint density at radius 1 is 0.809 bits per heavy atom. The Balaban J connectivity index is 0.000000947. The van der Waals surface area contributed by atoms with Crippen molar-refractivity contribution in [2.75, 3.05) is 0 Å². The Bertz CT molecular complexity index is 1980. The molecule has 0 fully saturated rings. The first-order valence-corrected chi connectivity index (χ1v) is 16.7. The lowest BCUT2D eigenvalue weighted by Gasteiger charge is -2.15. The summed E-state index contributed by atoms with van der Waals surface area (Å²) in [5.74, 6) is 0.474. The number of para-hydroxylation sites is 1. The van der Waals surface area contributed by atoms with E-state index in [1.807, 2.05) is 133 Å². The van der Waals surface area contributed by atoms with Crippen LogP contribution >= 0.6 is 0 Å². The van der Waals surface area contributed by atoms with Gasteiger partial charge in [-0.1, -0.05) is 127 Å². The Labute approximate surface area is 277 Å². The van der Waals surface area contributed by atoms with Crippen LogP contribution in [0.5, 0.6) is 0 Å². The lowest BCUT2D eigenvalue weighted by atomic mass is 9.96. The van der Waals surface area contributed by atoms with Gasteiger partial charge in [0.2, 0.25) is 0 Å². The fraction of sp³-hybridized carbons (Fsp3) is 0.342. The van der Waals surface area contributed by atoms with E-state index in [-0.39, 0.29) is 5.56 Å². The number of hydrogen-bond acceptors (Lipinski definition) is 6. The number of H-pyrrole nitrogens is 1. The molecule has 0 aliphatic heterocycles. The lowest BCUT2D eigenvalue weighted by molar-refractivity contribution is 0.388. The molecule has 9 heteroatoms. The molecule has 6 aromatic rings. The van der Waals surface area contributed by atoms with Crippen LogP contribution < -0.4 is 11.3 Å². The van der Waals surface area contributed by atoms with Crippen LogP contribution in [0.25, 0.3) is 33.4 Å². The second-order valence-corrected chi connectivity index (χ2v) is 10.2. The van der Waals surface area contributed by atoms with Crippen molar-refractivity contribution in [2.45, 2.75) is 81.2 Å². The number of aromatic amines is 1. The standard InChI is InChI=1S/C32H30N6O3.3C2H6/c1-4-9-27-26(31(39)38(20(2)33-27)19-28-25-12-7-8-13-29(25)37(3)35-28)18-21-14-16-22(17-15-21)23-10-5-6-11-24(23)30-34-32(40)41-36-30;3*1-2/h5-8,10-17H,4,9,18-19H2,1-3H3,(H,34,36,40);3*1-2H3. The van der Waals surface area contributed by atoms with Gasteiger partial charge in [0.05, 0.1) is 23.4 Å². The van der Waals surface area contributed by atoms with Gasteiger partial charge in [-0.25, -0.2) is 9.78 Å². The average molecular weight is 637 g/mol. The average Bonchev–Trinajstić information content (AvgIpc) is 3.70. The second-order valence-electron chi connectivity index (χ2n) is 10.2. The van der Waals surface area contributed by atoms with E-state index in [1.54, 1.807) is 4.57 Å². The van der Waals surface area contributed by atoms with Gasteiger partial charge in [-0.05, 0) is 36.1 Å². The van der Waals surface area contributed by atoms with Gasteiger partial charge in [-0.2, -0.15) is 5.10 Å². The molecule has 0 amide bonds. The molecule has 47 heavy (non-hydrogen) atoms. The molecule has 9 nitrogen and oxygen atoms in total. The molecule has 0 aliphatic carbocycles. The molecule has 0 unspecified atom stereocenters. The minimum absolute atomic E-state index is 0.0277. The van der Waals surface area contributed by atoms with Crippen LogP contribution in [0.4, 0.5) is 0 Å². The highest BCUT2D eigenvalue weighted by molar-refractivity contribution is 5.82. The smallest absolute Gasteiger partial charge is 0.296 e. The van der Waals surface area contributed by atoms with Gasteiger partial charge < -0.3 is 0 Å². The Morgan fingerprint density at radius 3 is 2.09 bits per heavy atom. The molecule has 0 saturated carbocycles. The number of rotatable bonds is 8. The Kier molecular flexibility index (Phi) is 13.6. The fourth-order valence-electron chi connectivity index (χ4n) is 5.41. The van der Waals surface area contributed by atoms with Gasteiger partial charge in [-0.15, -0.1) is 0 Å². The Morgan fingerprint density at radius 2 is 1.45 bits per heavy atom. The second kappa shape index (κ2) is 17.6. The van der Waals surface area contributed by atoms with Crippen LogP contribution in [-0.4, -0.2) is 29.5 Å². The summed E-state index contributed by atoms with van der Waals surface area (Å²) in [6.45, 7) is 16.4. The normalized spacial score (nSPS) is 10.3. The highest BCUT2D eigenvalue weighted by atomic mass is 16.5. The minimum atomic E-state index is -0.596. The van der Waals surface area contributed by atoms with Crippen LogP contribution in [0.3, 0.4) is 0 Å². The zero-order chi connectivity index (χ0) is 34.5. The van der Waals surface area contributed by atoms with Crippen LogP contribution in [-0.2, 0) is 26.4 Å². The quantitative estimate of drug-likeness (QED) is 0.181. The van der Waals surface area contributed by atoms with Gasteiger partial charge in [-0.3, -0.25) is 23.6 Å². The SMILES string of the molecule is CC.CC.CC.CCCc1nc(C)n(Cc2nn(C)c3ccccc23)c(=O)c1Cc1ccc(-c2ccccc2-c2noc(=O)[nH]2)cc1. The minimum Gasteiger partial charge on any atom is -0.296 e. The number of aryl methyl sites for hydroxylation is 3. The van der Waals surface area contributed by atoms with Gasteiger partial charge in [0, 0.05) is 30.0 Å². The molecule has 248 valence electrons. The molecule has 0 bridgehead atoms. The van der Waals surface area contributed by atoms with Crippen molar-refractivity contribution in [1.29, 1.82) is 0 Å². The number of aromatic nitrogens is 6. The molecule has 1 N–H and O–H groups in total. The van der Waals surface area contributed by atoms with Gasteiger partial charge >= 0.3 is 5.76 Å². The van der Waals surface area contributed by atoms with Crippen LogP contribution in [0, 0.1) is 6.92 Å². The maximum absolute atomic E-state index is 14.0. The van der Waals surface area contributed by atoms with E-state index in [0.717, 1.165) is 57.4 Å². The zero-order valence-electron chi connectivity index (χ0n) is 29.2. The zero-order valence-corrected chi connectivity index (χ0v) is 29.2. The van der Waals surface area contributed by atoms with E-state index < -0.39 is 5.76 Å². The predicted octanol–water partition coefficient (Wildman–Crippen LogP) is 8.12. The van der Waals surface area contributed by atoms with E-state index in [2.05, 4.69) is 17.1 Å². The molecule has 0 saturated heterocycles. The first-order chi connectivity index (χ1) is 22.9. The Hall–Kier alpha value is -5.05. The highest BCUT2D eigenvalue weighted by Crippen LogP contribution is 2.30. The van der Waals surface area contributed by atoms with Gasteiger partial charge in [0.15, 0.2) is 5.82 Å². The fourth-order valence-corrected chi connectivity index (χ4v) is 5.41. The molecule has 0 radical (unpaired) electrons. The molecule has 6 rings (SSSR count). The topological polar surface area (TPSA) is 112 Å². The summed E-state index contributed by atoms with van der Waals surface area (Å²) in [6.07, 6.45) is 2.11. The molecular formula is C38H48N6O3. The molecule has 0 spiro atoms. The number of benzene rings is 3. The van der Waals surface area contributed by atoms with Crippen molar-refractivity contribution in [3.63, 3.8) is 0 Å². The van der Waals surface area contributed by atoms with Gasteiger partial charge in [0.25, 0.3) is 5.56 Å². The number of fused-ring (bicyclic) bond motifs is 1. The van der Waals surface area contributed by atoms with Crippen molar-refractivity contribution in [2.24, 2.45) is 7.05 Å². The monoisotopic (exact) mass is 636 g/mol. The van der Waals surface area contributed by atoms with E-state index in [1.165, 1.54) is 0 Å². The summed E-state index contributed by atoms with van der Waals surface area (Å²) < 4.78 is 8.31. The summed E-state index contributed by atoms with van der Waals surface area (Å²) in [7, 11) is 1.92. The van der Waals surface area contributed by atoms with Crippen molar-refractivity contribution in [3.8, 4) is 22.5 Å². The van der Waals surface area contributed by atoms with Crippen molar-refractivity contribution in [3.05, 3.63) is 122 Å². The molecule has 0 aliphatic rings. The molecular weight excluding hydrogens is 588 g/mol. The van der Waals surface area contributed by atoms with E-state index >= 15 is 0 Å². The first kappa shape index (κ1) is 36.4. The summed E-state index contributed by atoms with van der Waals surface area (Å²) in [4.78, 5) is 33.0. The van der Waals surface area contributed by atoms with E-state index in [0.29, 0.717) is 30.2 Å². The maximum Gasteiger partial charge on any atom is 0.439 e. The van der Waals surface area contributed by atoms with Crippen LogP contribution in [0.2, 0.25) is 0 Å². The van der Waals surface area contributed by atoms with E-state index in [9.17, 15) is 9.59 Å². The molecule has 3 aromatic carbocycles. The third kappa shape index (κ3) is 8.22. The van der Waals surface area contributed by atoms with Gasteiger partial charge in [0.1, 0.15) is 5.82 Å². The van der Waals surface area contributed by atoms with Crippen LogP contribution in [0.1, 0.15) is 83.2 Å². The summed E-state index contributed by atoms with van der Waals surface area (Å²) in [5, 5.41) is 9.59. The molecule has 0 atom stereocenters. The van der Waals surface area contributed by atoms with Crippen molar-refractivity contribution < 1.29 is 4.52 Å². The maximum atomic E-state index is 14.0. The number of hydrogen-bond donors (Lipinski definition) is 1. The highest BCUT2D eigenvalue weighted by Gasteiger charge is 2.18. The largest absolute Gasteiger partial charge is 0.439 e. The molecule has 3 heterocycles. The summed E-state index contributed by atoms with van der Waals surface area (Å²) >= 11 is 0. The lowest BCUT2D eigenvalue weighted by Crippen LogP contribution is -2.30. The summed E-state index contributed by atoms with van der Waals surface area (Å²) in [5.41, 5.74) is 7.06. The van der Waals surface area contributed by atoms with Crippen LogP contribution in [0.15, 0.2) is 86.9 Å². The third-order valence-electron chi connectivity index (χ3n) is 7.44. The first-order valence-electron chi connectivity index (χ1n) is 16.7. The number of nitrogens with one attached hydrogen (secondary N) is 1. The predicted molar refractivity (Wildman–Crippen MR) is 192 cm³/mol.